The fourth-order valence-electron chi connectivity index (χ4n) is 6.21. The van der Waals surface area contributed by atoms with E-state index in [-0.39, 0.29) is 11.9 Å². The number of ether oxygens (including phenoxy) is 1. The highest BCUT2D eigenvalue weighted by atomic mass is 16.5. The molecule has 2 atom stereocenters. The Kier molecular flexibility index (Phi) is 5.25. The second-order valence-corrected chi connectivity index (χ2v) is 9.05. The van der Waals surface area contributed by atoms with Crippen LogP contribution in [0.5, 0.6) is 0 Å². The fraction of sp³-hybridized carbons (Fsp3) is 0.538. The van der Waals surface area contributed by atoms with Gasteiger partial charge >= 0.3 is 5.97 Å². The zero-order chi connectivity index (χ0) is 21.5. The molecule has 0 aromatic carbocycles. The van der Waals surface area contributed by atoms with Crippen molar-refractivity contribution in [2.75, 3.05) is 13.2 Å². The quantitative estimate of drug-likeness (QED) is 0.639. The van der Waals surface area contributed by atoms with E-state index in [0.29, 0.717) is 25.5 Å². The molecule has 0 saturated carbocycles. The minimum absolute atomic E-state index is 0.101. The van der Waals surface area contributed by atoms with Crippen LogP contribution in [0.2, 0.25) is 0 Å². The SMILES string of the molecule is CCOC(=O)C1CCC2=C1C1=C(C2)C2=C(C3CCCC(CC)=C3C=C2)N(CCC#N)N1. The van der Waals surface area contributed by atoms with Gasteiger partial charge in [-0.15, -0.1) is 0 Å². The Balaban J connectivity index is 1.57. The molecule has 1 N–H and O–H groups in total. The molecule has 0 radical (unpaired) electrons. The normalized spacial score (nSPS) is 26.4. The highest BCUT2D eigenvalue weighted by Crippen LogP contribution is 2.52. The number of nitriles is 1. The molecule has 5 nitrogen and oxygen atoms in total. The lowest BCUT2D eigenvalue weighted by Crippen LogP contribution is -2.45. The molecule has 0 saturated heterocycles. The van der Waals surface area contributed by atoms with Crippen molar-refractivity contribution in [3.8, 4) is 6.07 Å². The summed E-state index contributed by atoms with van der Waals surface area (Å²) < 4.78 is 5.39. The largest absolute Gasteiger partial charge is 0.466 e. The van der Waals surface area contributed by atoms with E-state index in [0.717, 1.165) is 43.4 Å². The molecule has 1 aliphatic heterocycles. The standard InChI is InChI=1S/C26H31N3O2/c1-3-16-7-5-8-19-18(16)11-12-20-22-15-17-9-10-21(26(30)31-4-2)23(17)24(22)28-29(25(19)20)14-6-13-27/h11-12,19,21,28H,3-10,14-15H2,1-2H3. The Hall–Kier alpha value is -2.74. The van der Waals surface area contributed by atoms with Crippen molar-refractivity contribution >= 4 is 5.97 Å². The molecule has 2 unspecified atom stereocenters. The third kappa shape index (κ3) is 3.15. The number of carbonyl (C=O) groups excluding carboxylic acids is 1. The lowest BCUT2D eigenvalue weighted by atomic mass is 9.74. The van der Waals surface area contributed by atoms with Crippen LogP contribution in [-0.2, 0) is 9.53 Å². The number of carbonyl (C=O) groups is 1. The molecule has 0 bridgehead atoms. The van der Waals surface area contributed by atoms with Gasteiger partial charge in [-0.05, 0) is 68.6 Å². The number of nitrogens with zero attached hydrogens (tertiary/aromatic N) is 2. The van der Waals surface area contributed by atoms with E-state index in [2.05, 4.69) is 35.6 Å². The molecule has 5 heteroatoms. The predicted molar refractivity (Wildman–Crippen MR) is 119 cm³/mol. The third-order valence-corrected chi connectivity index (χ3v) is 7.52. The summed E-state index contributed by atoms with van der Waals surface area (Å²) in [6.07, 6.45) is 12.6. The van der Waals surface area contributed by atoms with Crippen LogP contribution in [0.4, 0.5) is 0 Å². The molecule has 4 aliphatic carbocycles. The van der Waals surface area contributed by atoms with Gasteiger partial charge in [-0.1, -0.05) is 30.2 Å². The minimum atomic E-state index is -0.167. The first-order valence-corrected chi connectivity index (χ1v) is 11.9. The van der Waals surface area contributed by atoms with Gasteiger partial charge in [-0.2, -0.15) is 5.26 Å². The third-order valence-electron chi connectivity index (χ3n) is 7.52. The molecule has 0 aromatic rings. The Morgan fingerprint density at radius 1 is 1.29 bits per heavy atom. The second-order valence-electron chi connectivity index (χ2n) is 9.05. The van der Waals surface area contributed by atoms with Crippen molar-refractivity contribution in [3.63, 3.8) is 0 Å². The summed E-state index contributed by atoms with van der Waals surface area (Å²) in [5, 5.41) is 11.5. The van der Waals surface area contributed by atoms with Crippen molar-refractivity contribution in [2.24, 2.45) is 11.8 Å². The lowest BCUT2D eigenvalue weighted by molar-refractivity contribution is -0.146. The Morgan fingerprint density at radius 3 is 2.94 bits per heavy atom. The molecule has 5 aliphatic rings. The topological polar surface area (TPSA) is 65.4 Å². The lowest BCUT2D eigenvalue weighted by Gasteiger charge is -2.43. The highest BCUT2D eigenvalue weighted by Gasteiger charge is 2.44. The van der Waals surface area contributed by atoms with E-state index in [9.17, 15) is 10.1 Å². The maximum Gasteiger partial charge on any atom is 0.313 e. The van der Waals surface area contributed by atoms with Gasteiger partial charge in [-0.3, -0.25) is 15.2 Å². The van der Waals surface area contributed by atoms with Crippen molar-refractivity contribution < 1.29 is 9.53 Å². The summed E-state index contributed by atoms with van der Waals surface area (Å²) in [5.74, 6) is 0.134. The first-order valence-electron chi connectivity index (χ1n) is 11.9. The Morgan fingerprint density at radius 2 is 2.16 bits per heavy atom. The number of hydrogen-bond donors (Lipinski definition) is 1. The maximum absolute atomic E-state index is 12.7. The smallest absolute Gasteiger partial charge is 0.313 e. The number of hydrazine groups is 1. The first-order chi connectivity index (χ1) is 15.2. The summed E-state index contributed by atoms with van der Waals surface area (Å²) in [4.78, 5) is 12.7. The minimum Gasteiger partial charge on any atom is -0.466 e. The van der Waals surface area contributed by atoms with Crippen LogP contribution in [0.3, 0.4) is 0 Å². The van der Waals surface area contributed by atoms with Gasteiger partial charge < -0.3 is 4.74 Å². The Labute approximate surface area is 184 Å². The van der Waals surface area contributed by atoms with Crippen LogP contribution in [0.15, 0.2) is 57.0 Å². The number of hydrogen-bond acceptors (Lipinski definition) is 5. The van der Waals surface area contributed by atoms with Crippen molar-refractivity contribution in [1.29, 1.82) is 5.26 Å². The number of fused-ring (bicyclic) bond motifs is 4. The van der Waals surface area contributed by atoms with E-state index in [1.807, 2.05) is 6.92 Å². The summed E-state index contributed by atoms with van der Waals surface area (Å²) in [5.41, 5.74) is 14.4. The molecular formula is C26H31N3O2. The van der Waals surface area contributed by atoms with Gasteiger partial charge in [0.15, 0.2) is 0 Å². The molecule has 0 amide bonds. The van der Waals surface area contributed by atoms with Gasteiger partial charge in [0, 0.05) is 17.2 Å². The number of nitrogens with one attached hydrogen (secondary N) is 1. The van der Waals surface area contributed by atoms with Crippen LogP contribution in [0, 0.1) is 23.2 Å². The van der Waals surface area contributed by atoms with Gasteiger partial charge in [0.25, 0.3) is 0 Å². The summed E-state index contributed by atoms with van der Waals surface area (Å²) >= 11 is 0. The van der Waals surface area contributed by atoms with Crippen LogP contribution >= 0.6 is 0 Å². The van der Waals surface area contributed by atoms with E-state index >= 15 is 0 Å². The van der Waals surface area contributed by atoms with E-state index in [1.54, 1.807) is 5.57 Å². The van der Waals surface area contributed by atoms with Gasteiger partial charge in [0.2, 0.25) is 0 Å². The van der Waals surface area contributed by atoms with Crippen molar-refractivity contribution in [3.05, 3.63) is 57.0 Å². The predicted octanol–water partition coefficient (Wildman–Crippen LogP) is 4.98. The fourth-order valence-corrected chi connectivity index (χ4v) is 6.21. The van der Waals surface area contributed by atoms with Gasteiger partial charge in [-0.25, -0.2) is 0 Å². The van der Waals surface area contributed by atoms with Gasteiger partial charge in [0.05, 0.1) is 37.3 Å². The highest BCUT2D eigenvalue weighted by molar-refractivity contribution is 5.81. The molecule has 0 aromatic heterocycles. The average molecular weight is 418 g/mol. The van der Waals surface area contributed by atoms with Crippen molar-refractivity contribution in [1.82, 2.24) is 10.4 Å². The molecule has 5 rings (SSSR count). The Bertz CT molecular complexity index is 1020. The monoisotopic (exact) mass is 417 g/mol. The molecule has 31 heavy (non-hydrogen) atoms. The summed E-state index contributed by atoms with van der Waals surface area (Å²) in [6, 6.07) is 2.32. The summed E-state index contributed by atoms with van der Waals surface area (Å²) in [6.45, 7) is 5.20. The second kappa shape index (κ2) is 8.07. The molecular weight excluding hydrogens is 386 g/mol. The molecule has 1 heterocycles. The van der Waals surface area contributed by atoms with Gasteiger partial charge in [0.1, 0.15) is 0 Å². The van der Waals surface area contributed by atoms with Crippen molar-refractivity contribution in [2.45, 2.75) is 65.2 Å². The molecule has 0 spiro atoms. The summed E-state index contributed by atoms with van der Waals surface area (Å²) in [7, 11) is 0. The number of allylic oxidation sites excluding steroid dienone is 8. The van der Waals surface area contributed by atoms with Crippen LogP contribution in [0.25, 0.3) is 0 Å². The maximum atomic E-state index is 12.7. The number of esters is 1. The van der Waals surface area contributed by atoms with E-state index in [4.69, 9.17) is 4.74 Å². The first kappa shape index (κ1) is 20.2. The molecule has 162 valence electrons. The van der Waals surface area contributed by atoms with Crippen LogP contribution < -0.4 is 5.43 Å². The zero-order valence-corrected chi connectivity index (χ0v) is 18.6. The van der Waals surface area contributed by atoms with Crippen LogP contribution in [0.1, 0.15) is 65.2 Å². The molecule has 0 fully saturated rings. The average Bonchev–Trinajstić information content (AvgIpc) is 3.36. The van der Waals surface area contributed by atoms with E-state index in [1.165, 1.54) is 40.8 Å². The van der Waals surface area contributed by atoms with E-state index < -0.39 is 0 Å². The zero-order valence-electron chi connectivity index (χ0n) is 18.6. The number of rotatable bonds is 5. The van der Waals surface area contributed by atoms with Crippen LogP contribution in [-0.4, -0.2) is 24.1 Å².